The zero-order valence-corrected chi connectivity index (χ0v) is 5.80. The molecule has 0 radical (unpaired) electrons. The minimum absolute atomic E-state index is 0.160. The number of carbonyl (C=O) groups excluding carboxylic acids is 1. The summed E-state index contributed by atoms with van der Waals surface area (Å²) < 4.78 is 4.57. The molecule has 0 aromatic carbocycles. The molecule has 5 nitrogen and oxygen atoms in total. The van der Waals surface area contributed by atoms with Gasteiger partial charge < -0.3 is 20.1 Å². The van der Waals surface area contributed by atoms with Gasteiger partial charge >= 0.3 is 0 Å². The van der Waals surface area contributed by atoms with Gasteiger partial charge in [-0.2, -0.15) is 0 Å². The molecule has 1 saturated heterocycles. The van der Waals surface area contributed by atoms with Crippen molar-refractivity contribution in [3.05, 3.63) is 0 Å². The molecule has 64 valence electrons. The van der Waals surface area contributed by atoms with Crippen molar-refractivity contribution in [2.24, 2.45) is 0 Å². The summed E-state index contributed by atoms with van der Waals surface area (Å²) in [6.45, 7) is -0.397. The summed E-state index contributed by atoms with van der Waals surface area (Å²) in [6.07, 6.45) is -3.50. The minimum atomic E-state index is -1.49. The van der Waals surface area contributed by atoms with Gasteiger partial charge in [-0.1, -0.05) is 0 Å². The maximum atomic E-state index is 10.6. The van der Waals surface area contributed by atoms with Crippen LogP contribution in [0, 0.1) is 0 Å². The number of ketones is 1. The van der Waals surface area contributed by atoms with Gasteiger partial charge in [-0.15, -0.1) is 0 Å². The highest BCUT2D eigenvalue weighted by Gasteiger charge is 2.34. The van der Waals surface area contributed by atoms with Crippen molar-refractivity contribution in [3.8, 4) is 0 Å². The topological polar surface area (TPSA) is 87.0 Å². The van der Waals surface area contributed by atoms with Crippen LogP contribution < -0.4 is 0 Å². The molecule has 1 rings (SSSR count). The Labute approximate surface area is 63.2 Å². The fourth-order valence-electron chi connectivity index (χ4n) is 0.935. The molecule has 0 amide bonds. The van der Waals surface area contributed by atoms with Gasteiger partial charge in [0.25, 0.3) is 0 Å². The van der Waals surface area contributed by atoms with Gasteiger partial charge in [0.1, 0.15) is 6.10 Å². The van der Waals surface area contributed by atoms with E-state index in [9.17, 15) is 4.79 Å². The predicted molar refractivity (Wildman–Crippen MR) is 33.6 cm³/mol. The molecule has 0 spiro atoms. The van der Waals surface area contributed by atoms with Gasteiger partial charge in [0.15, 0.2) is 5.78 Å². The lowest BCUT2D eigenvalue weighted by Crippen LogP contribution is -2.46. The lowest BCUT2D eigenvalue weighted by Gasteiger charge is -2.28. The number of hydrogen-bond acceptors (Lipinski definition) is 5. The average molecular weight is 162 g/mol. The molecule has 1 heterocycles. The molecule has 0 aliphatic carbocycles. The largest absolute Gasteiger partial charge is 0.394 e. The van der Waals surface area contributed by atoms with Gasteiger partial charge in [-0.05, 0) is 0 Å². The summed E-state index contributed by atoms with van der Waals surface area (Å²) in [5, 5.41) is 26.4. The van der Waals surface area contributed by atoms with E-state index in [-0.39, 0.29) is 6.42 Å². The van der Waals surface area contributed by atoms with Crippen LogP contribution in [-0.2, 0) is 9.53 Å². The van der Waals surface area contributed by atoms with Crippen LogP contribution in [0.25, 0.3) is 0 Å². The third kappa shape index (κ3) is 1.75. The molecule has 0 bridgehead atoms. The molecule has 1 aliphatic heterocycles. The van der Waals surface area contributed by atoms with Gasteiger partial charge in [0.05, 0.1) is 12.7 Å². The van der Waals surface area contributed by atoms with E-state index < -0.39 is 30.9 Å². The zero-order valence-electron chi connectivity index (χ0n) is 5.80. The molecule has 1 fully saturated rings. The molecule has 3 atom stereocenters. The normalized spacial score (nSPS) is 39.2. The van der Waals surface area contributed by atoms with Gasteiger partial charge in [0, 0.05) is 6.42 Å². The lowest BCUT2D eigenvalue weighted by molar-refractivity contribution is -0.205. The van der Waals surface area contributed by atoms with Crippen molar-refractivity contribution in [1.82, 2.24) is 0 Å². The number of rotatable bonds is 1. The van der Waals surface area contributed by atoms with Crippen molar-refractivity contribution in [1.29, 1.82) is 0 Å². The second-order valence-electron chi connectivity index (χ2n) is 2.45. The second-order valence-corrected chi connectivity index (χ2v) is 2.45. The number of aliphatic hydroxyl groups excluding tert-OH is 3. The maximum absolute atomic E-state index is 10.6. The summed E-state index contributed by atoms with van der Waals surface area (Å²) >= 11 is 0. The predicted octanol–water partition coefficient (Wildman–Crippen LogP) is -1.98. The van der Waals surface area contributed by atoms with Crippen LogP contribution >= 0.6 is 0 Å². The van der Waals surface area contributed by atoms with E-state index in [0.29, 0.717) is 0 Å². The SMILES string of the molecule is O=C1C[C@H](O)[C@@H](CO)O[C@H]1O. The molecule has 1 aliphatic rings. The Kier molecular flexibility index (Phi) is 2.56. The van der Waals surface area contributed by atoms with Crippen LogP contribution in [0.5, 0.6) is 0 Å². The number of hydrogen-bond donors (Lipinski definition) is 3. The van der Waals surface area contributed by atoms with Crippen molar-refractivity contribution in [3.63, 3.8) is 0 Å². The molecule has 11 heavy (non-hydrogen) atoms. The highest BCUT2D eigenvalue weighted by atomic mass is 16.6. The molecule has 3 N–H and O–H groups in total. The third-order valence-electron chi connectivity index (χ3n) is 1.60. The Hall–Kier alpha value is -0.490. The van der Waals surface area contributed by atoms with Crippen LogP contribution in [0.3, 0.4) is 0 Å². The molecule has 5 heteroatoms. The number of aliphatic hydroxyl groups is 3. The van der Waals surface area contributed by atoms with Gasteiger partial charge in [-0.3, -0.25) is 4.79 Å². The van der Waals surface area contributed by atoms with Crippen molar-refractivity contribution < 1.29 is 24.9 Å². The average Bonchev–Trinajstić information content (AvgIpc) is 1.97. The van der Waals surface area contributed by atoms with Crippen LogP contribution in [0.15, 0.2) is 0 Å². The van der Waals surface area contributed by atoms with Gasteiger partial charge in [-0.25, -0.2) is 0 Å². The van der Waals surface area contributed by atoms with Crippen LogP contribution in [-0.4, -0.2) is 46.2 Å². The number of Topliss-reactive ketones (excluding diaryl/α,β-unsaturated/α-hetero) is 1. The molecule has 0 aromatic heterocycles. The van der Waals surface area contributed by atoms with Crippen LogP contribution in [0.2, 0.25) is 0 Å². The van der Waals surface area contributed by atoms with E-state index in [0.717, 1.165) is 0 Å². The van der Waals surface area contributed by atoms with E-state index >= 15 is 0 Å². The smallest absolute Gasteiger partial charge is 0.215 e. The Morgan fingerprint density at radius 1 is 1.55 bits per heavy atom. The minimum Gasteiger partial charge on any atom is -0.394 e. The van der Waals surface area contributed by atoms with Crippen molar-refractivity contribution in [2.45, 2.75) is 24.9 Å². The first-order valence-corrected chi connectivity index (χ1v) is 3.30. The molecule has 0 aromatic rings. The standard InChI is InChI=1S/C6H10O5/c7-2-5-3(8)1-4(9)6(10)11-5/h3,5-8,10H,1-2H2/t3-,5+,6+/m0/s1. The van der Waals surface area contributed by atoms with Crippen LogP contribution in [0.4, 0.5) is 0 Å². The number of ether oxygens (including phenoxy) is 1. The van der Waals surface area contributed by atoms with Crippen LogP contribution in [0.1, 0.15) is 6.42 Å². The first kappa shape index (κ1) is 8.61. The molecular weight excluding hydrogens is 152 g/mol. The third-order valence-corrected chi connectivity index (χ3v) is 1.60. The Bertz CT molecular complexity index is 157. The van der Waals surface area contributed by atoms with Gasteiger partial charge in [0.2, 0.25) is 6.29 Å². The fraction of sp³-hybridized carbons (Fsp3) is 0.833. The van der Waals surface area contributed by atoms with E-state index in [4.69, 9.17) is 15.3 Å². The maximum Gasteiger partial charge on any atom is 0.215 e. The monoisotopic (exact) mass is 162 g/mol. The highest BCUT2D eigenvalue weighted by molar-refractivity contribution is 5.82. The quantitative estimate of drug-likeness (QED) is 0.415. The lowest BCUT2D eigenvalue weighted by atomic mass is 10.0. The van der Waals surface area contributed by atoms with E-state index in [1.165, 1.54) is 0 Å². The first-order chi connectivity index (χ1) is 5.15. The zero-order chi connectivity index (χ0) is 8.43. The van der Waals surface area contributed by atoms with Crippen molar-refractivity contribution >= 4 is 5.78 Å². The summed E-state index contributed by atoms with van der Waals surface area (Å²) in [5.74, 6) is -0.554. The summed E-state index contributed by atoms with van der Waals surface area (Å²) in [6, 6.07) is 0. The molecule has 0 saturated carbocycles. The summed E-state index contributed by atoms with van der Waals surface area (Å²) in [7, 11) is 0. The highest BCUT2D eigenvalue weighted by Crippen LogP contribution is 2.14. The van der Waals surface area contributed by atoms with Crippen molar-refractivity contribution in [2.75, 3.05) is 6.61 Å². The van der Waals surface area contributed by atoms with E-state index in [2.05, 4.69) is 4.74 Å². The Morgan fingerprint density at radius 2 is 2.18 bits per heavy atom. The second kappa shape index (κ2) is 3.27. The van der Waals surface area contributed by atoms with E-state index in [1.54, 1.807) is 0 Å². The Morgan fingerprint density at radius 3 is 2.73 bits per heavy atom. The fourth-order valence-corrected chi connectivity index (χ4v) is 0.935. The first-order valence-electron chi connectivity index (χ1n) is 3.30. The van der Waals surface area contributed by atoms with E-state index in [1.807, 2.05) is 0 Å². The summed E-state index contributed by atoms with van der Waals surface area (Å²) in [4.78, 5) is 10.6. The molecular formula is C6H10O5. The molecule has 0 unspecified atom stereocenters. The summed E-state index contributed by atoms with van der Waals surface area (Å²) in [5.41, 5.74) is 0. The Balaban J connectivity index is 2.54. The number of carbonyl (C=O) groups is 1.